The van der Waals surface area contributed by atoms with Gasteiger partial charge in [-0.05, 0) is 29.7 Å². The zero-order valence-electron chi connectivity index (χ0n) is 12.3. The summed E-state index contributed by atoms with van der Waals surface area (Å²) in [6.07, 6.45) is 4.29. The molecule has 0 saturated heterocycles. The van der Waals surface area contributed by atoms with E-state index >= 15 is 0 Å². The Morgan fingerprint density at radius 1 is 1.33 bits per heavy atom. The highest BCUT2D eigenvalue weighted by molar-refractivity contribution is 6.35. The highest BCUT2D eigenvalue weighted by atomic mass is 35.5. The standard InChI is InChI=1S/C16H21Cl2NO2/c1-3-11(4-2)15(20)10-19-16(21)8-6-12-5-7-13(17)9-14(12)18/h5-9,11,15,20H,3-4,10H2,1-2H3,(H,19,21)/b8-6+. The van der Waals surface area contributed by atoms with Crippen LogP contribution in [0.4, 0.5) is 0 Å². The maximum absolute atomic E-state index is 11.7. The Bertz CT molecular complexity index is 499. The van der Waals surface area contributed by atoms with Gasteiger partial charge in [-0.25, -0.2) is 0 Å². The van der Waals surface area contributed by atoms with Crippen molar-refractivity contribution in [3.05, 3.63) is 39.9 Å². The number of carbonyl (C=O) groups excluding carboxylic acids is 1. The maximum atomic E-state index is 11.7. The molecule has 1 aromatic rings. The number of hydrogen-bond donors (Lipinski definition) is 2. The lowest BCUT2D eigenvalue weighted by molar-refractivity contribution is -0.117. The lowest BCUT2D eigenvalue weighted by Gasteiger charge is -2.19. The van der Waals surface area contributed by atoms with Crippen molar-refractivity contribution in [2.45, 2.75) is 32.8 Å². The van der Waals surface area contributed by atoms with E-state index < -0.39 is 6.10 Å². The van der Waals surface area contributed by atoms with E-state index in [4.69, 9.17) is 23.2 Å². The molecule has 5 heteroatoms. The van der Waals surface area contributed by atoms with Crippen molar-refractivity contribution >= 4 is 35.2 Å². The zero-order valence-corrected chi connectivity index (χ0v) is 13.8. The Kier molecular flexibility index (Phi) is 7.79. The molecule has 0 fully saturated rings. The van der Waals surface area contributed by atoms with Gasteiger partial charge in [-0.2, -0.15) is 0 Å². The summed E-state index contributed by atoms with van der Waals surface area (Å²) in [5.41, 5.74) is 0.719. The van der Waals surface area contributed by atoms with Crippen molar-refractivity contribution in [1.82, 2.24) is 5.32 Å². The summed E-state index contributed by atoms with van der Waals surface area (Å²) in [4.78, 5) is 11.7. The van der Waals surface area contributed by atoms with Crippen LogP contribution in [-0.2, 0) is 4.79 Å². The van der Waals surface area contributed by atoms with E-state index in [9.17, 15) is 9.90 Å². The average Bonchev–Trinajstić information content (AvgIpc) is 2.45. The molecule has 0 aliphatic carbocycles. The Labute approximate surface area is 136 Å². The monoisotopic (exact) mass is 329 g/mol. The number of benzene rings is 1. The highest BCUT2D eigenvalue weighted by Crippen LogP contribution is 2.21. The number of rotatable bonds is 7. The molecule has 21 heavy (non-hydrogen) atoms. The molecule has 0 aliphatic heterocycles. The topological polar surface area (TPSA) is 49.3 Å². The van der Waals surface area contributed by atoms with Crippen LogP contribution in [0.3, 0.4) is 0 Å². The molecule has 1 aromatic carbocycles. The molecule has 1 rings (SSSR count). The van der Waals surface area contributed by atoms with Gasteiger partial charge in [0.1, 0.15) is 0 Å². The molecule has 0 heterocycles. The number of aliphatic hydroxyl groups is 1. The number of halogens is 2. The molecule has 1 unspecified atom stereocenters. The first-order valence-electron chi connectivity index (χ1n) is 7.06. The fraction of sp³-hybridized carbons (Fsp3) is 0.438. The van der Waals surface area contributed by atoms with Gasteiger partial charge in [0.25, 0.3) is 0 Å². The SMILES string of the molecule is CCC(CC)C(O)CNC(=O)/C=C/c1ccc(Cl)cc1Cl. The number of hydrogen-bond acceptors (Lipinski definition) is 2. The van der Waals surface area contributed by atoms with E-state index in [-0.39, 0.29) is 18.4 Å². The first-order valence-corrected chi connectivity index (χ1v) is 7.82. The van der Waals surface area contributed by atoms with Gasteiger partial charge in [-0.3, -0.25) is 4.79 Å². The van der Waals surface area contributed by atoms with Crippen LogP contribution in [0, 0.1) is 5.92 Å². The van der Waals surface area contributed by atoms with Crippen molar-refractivity contribution in [2.75, 3.05) is 6.54 Å². The first kappa shape index (κ1) is 18.0. The van der Waals surface area contributed by atoms with Crippen LogP contribution in [0.15, 0.2) is 24.3 Å². The van der Waals surface area contributed by atoms with Crippen molar-refractivity contribution in [1.29, 1.82) is 0 Å². The summed E-state index contributed by atoms with van der Waals surface area (Å²) in [6, 6.07) is 5.08. The lowest BCUT2D eigenvalue weighted by atomic mass is 9.96. The average molecular weight is 330 g/mol. The summed E-state index contributed by atoms with van der Waals surface area (Å²) in [5, 5.41) is 13.7. The summed E-state index contributed by atoms with van der Waals surface area (Å²) in [7, 11) is 0. The first-order chi connectivity index (χ1) is 9.97. The van der Waals surface area contributed by atoms with Crippen molar-refractivity contribution in [3.63, 3.8) is 0 Å². The Hall–Kier alpha value is -1.03. The van der Waals surface area contributed by atoms with Gasteiger partial charge in [-0.1, -0.05) is 56.0 Å². The zero-order chi connectivity index (χ0) is 15.8. The van der Waals surface area contributed by atoms with Gasteiger partial charge in [-0.15, -0.1) is 0 Å². The minimum atomic E-state index is -0.517. The normalized spacial score (nSPS) is 12.9. The molecular formula is C16H21Cl2NO2. The Morgan fingerprint density at radius 2 is 2.00 bits per heavy atom. The molecule has 116 valence electrons. The molecule has 0 saturated carbocycles. The van der Waals surface area contributed by atoms with E-state index in [1.54, 1.807) is 24.3 Å². The van der Waals surface area contributed by atoms with Crippen LogP contribution in [0.5, 0.6) is 0 Å². The van der Waals surface area contributed by atoms with E-state index in [1.165, 1.54) is 6.08 Å². The predicted octanol–water partition coefficient (Wildman–Crippen LogP) is 3.92. The molecule has 0 spiro atoms. The Balaban J connectivity index is 2.51. The van der Waals surface area contributed by atoms with Gasteiger partial charge >= 0.3 is 0 Å². The second kappa shape index (κ2) is 9.08. The van der Waals surface area contributed by atoms with Gasteiger partial charge in [0.15, 0.2) is 0 Å². The molecule has 3 nitrogen and oxygen atoms in total. The molecule has 2 N–H and O–H groups in total. The Morgan fingerprint density at radius 3 is 2.57 bits per heavy atom. The smallest absolute Gasteiger partial charge is 0.244 e. The van der Waals surface area contributed by atoms with Gasteiger partial charge < -0.3 is 10.4 Å². The minimum absolute atomic E-state index is 0.208. The second-order valence-electron chi connectivity index (χ2n) is 4.89. The minimum Gasteiger partial charge on any atom is -0.391 e. The van der Waals surface area contributed by atoms with Crippen molar-refractivity contribution in [3.8, 4) is 0 Å². The van der Waals surface area contributed by atoms with E-state index in [0.29, 0.717) is 10.0 Å². The number of carbonyl (C=O) groups is 1. The van der Waals surface area contributed by atoms with E-state index in [0.717, 1.165) is 18.4 Å². The van der Waals surface area contributed by atoms with Crippen molar-refractivity contribution < 1.29 is 9.90 Å². The largest absolute Gasteiger partial charge is 0.391 e. The van der Waals surface area contributed by atoms with Crippen LogP contribution < -0.4 is 5.32 Å². The number of aliphatic hydroxyl groups excluding tert-OH is 1. The van der Waals surface area contributed by atoms with Gasteiger partial charge in [0.2, 0.25) is 5.91 Å². The molecule has 0 radical (unpaired) electrons. The summed E-state index contributed by atoms with van der Waals surface area (Å²) in [5.74, 6) is -0.0500. The molecule has 1 amide bonds. The van der Waals surface area contributed by atoms with E-state index in [2.05, 4.69) is 5.32 Å². The third-order valence-electron chi connectivity index (χ3n) is 3.46. The molecule has 0 aromatic heterocycles. The fourth-order valence-corrected chi connectivity index (χ4v) is 2.54. The van der Waals surface area contributed by atoms with Crippen LogP contribution in [-0.4, -0.2) is 23.7 Å². The predicted molar refractivity (Wildman–Crippen MR) is 88.6 cm³/mol. The van der Waals surface area contributed by atoms with Crippen LogP contribution in [0.2, 0.25) is 10.0 Å². The third-order valence-corrected chi connectivity index (χ3v) is 4.02. The second-order valence-corrected chi connectivity index (χ2v) is 5.73. The summed E-state index contributed by atoms with van der Waals surface area (Å²) < 4.78 is 0. The molecule has 0 aliphatic rings. The quantitative estimate of drug-likeness (QED) is 0.745. The number of nitrogens with one attached hydrogen (secondary N) is 1. The fourth-order valence-electron chi connectivity index (χ4n) is 2.07. The maximum Gasteiger partial charge on any atom is 0.244 e. The lowest BCUT2D eigenvalue weighted by Crippen LogP contribution is -2.35. The van der Waals surface area contributed by atoms with Crippen molar-refractivity contribution in [2.24, 2.45) is 5.92 Å². The summed E-state index contributed by atoms with van der Waals surface area (Å²) in [6.45, 7) is 4.31. The van der Waals surface area contributed by atoms with Crippen LogP contribution in [0.1, 0.15) is 32.3 Å². The number of amides is 1. The highest BCUT2D eigenvalue weighted by Gasteiger charge is 2.15. The molecule has 0 bridgehead atoms. The van der Waals surface area contributed by atoms with Gasteiger partial charge in [0.05, 0.1) is 6.10 Å². The molecule has 1 atom stereocenters. The summed E-state index contributed by atoms with van der Waals surface area (Å²) >= 11 is 11.8. The van der Waals surface area contributed by atoms with E-state index in [1.807, 2.05) is 13.8 Å². The van der Waals surface area contributed by atoms with Gasteiger partial charge in [0, 0.05) is 22.7 Å². The van der Waals surface area contributed by atoms with Crippen LogP contribution >= 0.6 is 23.2 Å². The third kappa shape index (κ3) is 6.08. The molecular weight excluding hydrogens is 309 g/mol. The van der Waals surface area contributed by atoms with Crippen LogP contribution in [0.25, 0.3) is 6.08 Å².